The zero-order chi connectivity index (χ0) is 17.8. The number of carbonyl (C=O) groups excluding carboxylic acids is 1. The van der Waals surface area contributed by atoms with Crippen LogP contribution >= 0.6 is 0 Å². The van der Waals surface area contributed by atoms with Crippen LogP contribution in [-0.4, -0.2) is 41.1 Å². The summed E-state index contributed by atoms with van der Waals surface area (Å²) in [4.78, 5) is 25.4. The van der Waals surface area contributed by atoms with Gasteiger partial charge < -0.3 is 14.7 Å². The Morgan fingerprint density at radius 2 is 1.68 bits per heavy atom. The number of aromatic carboxylic acids is 1. The first-order chi connectivity index (χ1) is 12.0. The van der Waals surface area contributed by atoms with E-state index in [0.717, 1.165) is 18.6 Å². The van der Waals surface area contributed by atoms with E-state index in [1.807, 2.05) is 31.2 Å². The van der Waals surface area contributed by atoms with Crippen LogP contribution in [0.3, 0.4) is 0 Å². The summed E-state index contributed by atoms with van der Waals surface area (Å²) in [7, 11) is 0. The molecular formula is C20H21NO4. The number of carbonyl (C=O) groups is 2. The van der Waals surface area contributed by atoms with Crippen LogP contribution in [0.1, 0.15) is 39.1 Å². The van der Waals surface area contributed by atoms with Gasteiger partial charge in [-0.2, -0.15) is 0 Å². The molecule has 1 N–H and O–H groups in total. The maximum Gasteiger partial charge on any atom is 0.335 e. The van der Waals surface area contributed by atoms with Crippen molar-refractivity contribution in [3.8, 4) is 5.75 Å². The third-order valence-corrected chi connectivity index (χ3v) is 4.41. The minimum atomic E-state index is -1.03. The summed E-state index contributed by atoms with van der Waals surface area (Å²) in [5.74, 6) is -0.304. The summed E-state index contributed by atoms with van der Waals surface area (Å²) in [6.07, 6.45) is 1.62. The minimum Gasteiger partial charge on any atom is -0.490 e. The lowest BCUT2D eigenvalue weighted by molar-refractivity contribution is 0.0595. The average Bonchev–Trinajstić information content (AvgIpc) is 2.64. The van der Waals surface area contributed by atoms with E-state index in [2.05, 4.69) is 0 Å². The van der Waals surface area contributed by atoms with Crippen LogP contribution in [0.15, 0.2) is 48.5 Å². The second-order valence-electron chi connectivity index (χ2n) is 6.31. The quantitative estimate of drug-likeness (QED) is 0.927. The summed E-state index contributed by atoms with van der Waals surface area (Å²) < 4.78 is 5.98. The van der Waals surface area contributed by atoms with Crippen molar-refractivity contribution in [2.75, 3.05) is 13.1 Å². The monoisotopic (exact) mass is 339 g/mol. The highest BCUT2D eigenvalue weighted by Crippen LogP contribution is 2.21. The molecule has 1 heterocycles. The number of amides is 1. The Morgan fingerprint density at radius 3 is 2.32 bits per heavy atom. The van der Waals surface area contributed by atoms with Crippen LogP contribution in [0.4, 0.5) is 0 Å². The first-order valence-electron chi connectivity index (χ1n) is 8.39. The molecule has 0 bridgehead atoms. The van der Waals surface area contributed by atoms with Gasteiger partial charge in [-0.05, 0) is 37.3 Å². The maximum absolute atomic E-state index is 12.6. The van der Waals surface area contributed by atoms with Crippen LogP contribution in [0.25, 0.3) is 0 Å². The number of carboxylic acid groups (broad SMARTS) is 1. The molecule has 0 aromatic heterocycles. The molecule has 0 radical (unpaired) electrons. The molecule has 5 heteroatoms. The molecule has 0 spiro atoms. The van der Waals surface area contributed by atoms with Gasteiger partial charge >= 0.3 is 5.97 Å². The minimum absolute atomic E-state index is 0.0945. The van der Waals surface area contributed by atoms with Crippen molar-refractivity contribution < 1.29 is 19.4 Å². The van der Waals surface area contributed by atoms with E-state index in [9.17, 15) is 9.59 Å². The molecule has 2 aromatic rings. The maximum atomic E-state index is 12.6. The van der Waals surface area contributed by atoms with Gasteiger partial charge in [-0.1, -0.05) is 23.8 Å². The molecule has 2 aromatic carbocycles. The summed E-state index contributed by atoms with van der Waals surface area (Å²) >= 11 is 0. The van der Waals surface area contributed by atoms with Gasteiger partial charge in [0.1, 0.15) is 11.9 Å². The summed E-state index contributed by atoms with van der Waals surface area (Å²) in [6.45, 7) is 3.24. The number of likely N-dealkylation sites (tertiary alicyclic amines) is 1. The Labute approximate surface area is 146 Å². The largest absolute Gasteiger partial charge is 0.490 e. The summed E-state index contributed by atoms with van der Waals surface area (Å²) in [5, 5.41) is 9.05. The Hall–Kier alpha value is -2.82. The van der Waals surface area contributed by atoms with Crippen LogP contribution in [0, 0.1) is 6.92 Å². The number of rotatable bonds is 4. The zero-order valence-electron chi connectivity index (χ0n) is 14.1. The molecule has 1 aliphatic rings. The van der Waals surface area contributed by atoms with Crippen LogP contribution < -0.4 is 4.74 Å². The standard InChI is InChI=1S/C20H21NO4/c1-14-5-7-17(8-6-14)25-18-9-11-21(12-10-18)19(22)15-3-2-4-16(13-15)20(23)24/h2-8,13,18H,9-12H2,1H3,(H,23,24). The van der Waals surface area contributed by atoms with E-state index in [1.54, 1.807) is 17.0 Å². The van der Waals surface area contributed by atoms with E-state index >= 15 is 0 Å². The molecule has 0 atom stereocenters. The lowest BCUT2D eigenvalue weighted by Crippen LogP contribution is -2.41. The molecule has 0 unspecified atom stereocenters. The van der Waals surface area contributed by atoms with Crippen molar-refractivity contribution in [1.82, 2.24) is 4.90 Å². The number of aryl methyl sites for hydroxylation is 1. The summed E-state index contributed by atoms with van der Waals surface area (Å²) in [6, 6.07) is 14.1. The number of benzene rings is 2. The van der Waals surface area contributed by atoms with E-state index in [4.69, 9.17) is 9.84 Å². The Balaban J connectivity index is 1.58. The highest BCUT2D eigenvalue weighted by atomic mass is 16.5. The summed E-state index contributed by atoms with van der Waals surface area (Å²) in [5.41, 5.74) is 1.73. The van der Waals surface area contributed by atoms with E-state index in [-0.39, 0.29) is 17.6 Å². The van der Waals surface area contributed by atoms with Crippen molar-refractivity contribution in [1.29, 1.82) is 0 Å². The number of hydrogen-bond donors (Lipinski definition) is 1. The van der Waals surface area contributed by atoms with Crippen LogP contribution in [0.2, 0.25) is 0 Å². The molecule has 1 saturated heterocycles. The third-order valence-electron chi connectivity index (χ3n) is 4.41. The Morgan fingerprint density at radius 1 is 1.04 bits per heavy atom. The Bertz CT molecular complexity index is 762. The Kier molecular flexibility index (Phi) is 5.03. The first-order valence-corrected chi connectivity index (χ1v) is 8.39. The number of ether oxygens (including phenoxy) is 1. The van der Waals surface area contributed by atoms with Crippen molar-refractivity contribution in [2.45, 2.75) is 25.9 Å². The molecule has 1 aliphatic heterocycles. The molecule has 1 fully saturated rings. The predicted molar refractivity (Wildman–Crippen MR) is 94.1 cm³/mol. The van der Waals surface area contributed by atoms with E-state index in [0.29, 0.717) is 18.7 Å². The van der Waals surface area contributed by atoms with Gasteiger partial charge in [0, 0.05) is 31.5 Å². The van der Waals surface area contributed by atoms with Gasteiger partial charge in [-0.15, -0.1) is 0 Å². The highest BCUT2D eigenvalue weighted by molar-refractivity contribution is 5.97. The van der Waals surface area contributed by atoms with Crippen molar-refractivity contribution in [3.05, 3.63) is 65.2 Å². The van der Waals surface area contributed by atoms with Gasteiger partial charge in [0.25, 0.3) is 5.91 Å². The van der Waals surface area contributed by atoms with Crippen molar-refractivity contribution in [3.63, 3.8) is 0 Å². The van der Waals surface area contributed by atoms with Gasteiger partial charge in [-0.3, -0.25) is 4.79 Å². The fraction of sp³-hybridized carbons (Fsp3) is 0.300. The second-order valence-corrected chi connectivity index (χ2v) is 6.31. The molecule has 25 heavy (non-hydrogen) atoms. The zero-order valence-corrected chi connectivity index (χ0v) is 14.1. The van der Waals surface area contributed by atoms with Gasteiger partial charge in [0.2, 0.25) is 0 Å². The van der Waals surface area contributed by atoms with Gasteiger partial charge in [0.15, 0.2) is 0 Å². The molecular weight excluding hydrogens is 318 g/mol. The fourth-order valence-corrected chi connectivity index (χ4v) is 2.95. The molecule has 5 nitrogen and oxygen atoms in total. The lowest BCUT2D eigenvalue weighted by Gasteiger charge is -2.32. The molecule has 0 saturated carbocycles. The number of carboxylic acids is 1. The van der Waals surface area contributed by atoms with E-state index in [1.165, 1.54) is 17.7 Å². The normalized spacial score (nSPS) is 15.0. The second kappa shape index (κ2) is 7.38. The van der Waals surface area contributed by atoms with Crippen molar-refractivity contribution >= 4 is 11.9 Å². The molecule has 3 rings (SSSR count). The van der Waals surface area contributed by atoms with Gasteiger partial charge in [-0.25, -0.2) is 4.79 Å². The molecule has 1 amide bonds. The predicted octanol–water partition coefficient (Wildman–Crippen LogP) is 3.38. The number of hydrogen-bond acceptors (Lipinski definition) is 3. The topological polar surface area (TPSA) is 66.8 Å². The molecule has 0 aliphatic carbocycles. The number of nitrogens with zero attached hydrogens (tertiary/aromatic N) is 1. The van der Waals surface area contributed by atoms with Gasteiger partial charge in [0.05, 0.1) is 5.56 Å². The molecule has 130 valence electrons. The SMILES string of the molecule is Cc1ccc(OC2CCN(C(=O)c3cccc(C(=O)O)c3)CC2)cc1. The fourth-order valence-electron chi connectivity index (χ4n) is 2.95. The van der Waals surface area contributed by atoms with Crippen LogP contribution in [0.5, 0.6) is 5.75 Å². The van der Waals surface area contributed by atoms with E-state index < -0.39 is 5.97 Å². The lowest BCUT2D eigenvalue weighted by atomic mass is 10.0. The van der Waals surface area contributed by atoms with Crippen LogP contribution in [-0.2, 0) is 0 Å². The smallest absolute Gasteiger partial charge is 0.335 e. The highest BCUT2D eigenvalue weighted by Gasteiger charge is 2.25. The first kappa shape index (κ1) is 17.0. The number of piperidine rings is 1. The average molecular weight is 339 g/mol. The van der Waals surface area contributed by atoms with Crippen molar-refractivity contribution in [2.24, 2.45) is 0 Å². The third kappa shape index (κ3) is 4.18.